The van der Waals surface area contributed by atoms with E-state index in [2.05, 4.69) is 5.10 Å². The van der Waals surface area contributed by atoms with Gasteiger partial charge in [-0.05, 0) is 29.0 Å². The number of nitrogens with zero attached hydrogens (tertiary/aromatic N) is 2. The van der Waals surface area contributed by atoms with E-state index >= 15 is 0 Å². The lowest BCUT2D eigenvalue weighted by Crippen LogP contribution is -2.26. The van der Waals surface area contributed by atoms with Crippen LogP contribution in [0.1, 0.15) is 13.3 Å². The van der Waals surface area contributed by atoms with Gasteiger partial charge in [0.15, 0.2) is 9.84 Å². The number of rotatable bonds is 5. The van der Waals surface area contributed by atoms with Crippen LogP contribution in [0.3, 0.4) is 0 Å². The molecule has 1 rings (SSSR count). The molecule has 0 atom stereocenters. The topological polar surface area (TPSA) is 69.0 Å². The molecule has 0 aliphatic rings. The zero-order chi connectivity index (χ0) is 12.2. The SMILES string of the molecule is CCCS(=O)(=O)CCn1ncc(I)cc1=O. The monoisotopic (exact) mass is 356 g/mol. The largest absolute Gasteiger partial charge is 0.268 e. The van der Waals surface area contributed by atoms with Crippen molar-refractivity contribution in [2.75, 3.05) is 11.5 Å². The van der Waals surface area contributed by atoms with Crippen LogP contribution in [-0.4, -0.2) is 29.7 Å². The fourth-order valence-electron chi connectivity index (χ4n) is 1.22. The Morgan fingerprint density at radius 2 is 2.12 bits per heavy atom. The Balaban J connectivity index is 2.72. The van der Waals surface area contributed by atoms with Crippen LogP contribution in [0, 0.1) is 3.57 Å². The van der Waals surface area contributed by atoms with Crippen molar-refractivity contribution in [1.29, 1.82) is 0 Å². The number of halogens is 1. The summed E-state index contributed by atoms with van der Waals surface area (Å²) < 4.78 is 24.8. The highest BCUT2D eigenvalue weighted by atomic mass is 127. The van der Waals surface area contributed by atoms with Crippen molar-refractivity contribution >= 4 is 32.4 Å². The average Bonchev–Trinajstić information content (AvgIpc) is 2.16. The highest BCUT2D eigenvalue weighted by molar-refractivity contribution is 14.1. The van der Waals surface area contributed by atoms with E-state index in [1.165, 1.54) is 16.9 Å². The van der Waals surface area contributed by atoms with Crippen LogP contribution < -0.4 is 5.56 Å². The molecule has 0 aliphatic carbocycles. The normalized spacial score (nSPS) is 11.6. The minimum absolute atomic E-state index is 0.0334. The van der Waals surface area contributed by atoms with Crippen molar-refractivity contribution in [2.45, 2.75) is 19.9 Å². The van der Waals surface area contributed by atoms with Gasteiger partial charge in [-0.1, -0.05) is 6.92 Å². The van der Waals surface area contributed by atoms with Gasteiger partial charge >= 0.3 is 0 Å². The van der Waals surface area contributed by atoms with Gasteiger partial charge in [0.25, 0.3) is 5.56 Å². The van der Waals surface area contributed by atoms with Crippen molar-refractivity contribution in [1.82, 2.24) is 9.78 Å². The van der Waals surface area contributed by atoms with E-state index in [1.807, 2.05) is 29.5 Å². The molecule has 0 unspecified atom stereocenters. The van der Waals surface area contributed by atoms with Gasteiger partial charge in [-0.2, -0.15) is 5.10 Å². The summed E-state index contributed by atoms with van der Waals surface area (Å²) in [5.41, 5.74) is -0.265. The number of hydrogen-bond acceptors (Lipinski definition) is 4. The maximum Gasteiger partial charge on any atom is 0.267 e. The number of aryl methyl sites for hydroxylation is 1. The third kappa shape index (κ3) is 4.20. The maximum atomic E-state index is 11.4. The Bertz CT molecular complexity index is 510. The summed E-state index contributed by atoms with van der Waals surface area (Å²) in [7, 11) is -3.06. The average molecular weight is 356 g/mol. The quantitative estimate of drug-likeness (QED) is 0.728. The lowest BCUT2D eigenvalue weighted by Gasteiger charge is -2.04. The Kier molecular flexibility index (Phi) is 4.90. The lowest BCUT2D eigenvalue weighted by molar-refractivity contribution is 0.569. The van der Waals surface area contributed by atoms with E-state index in [0.717, 1.165) is 3.57 Å². The fourth-order valence-corrected chi connectivity index (χ4v) is 2.89. The molecule has 0 radical (unpaired) electrons. The molecular weight excluding hydrogens is 343 g/mol. The molecule has 1 aromatic heterocycles. The summed E-state index contributed by atoms with van der Waals surface area (Å²) in [6.07, 6.45) is 2.13. The Hall–Kier alpha value is -0.440. The first-order valence-corrected chi connectivity index (χ1v) is 7.78. The van der Waals surface area contributed by atoms with Crippen LogP contribution in [0.4, 0.5) is 0 Å². The van der Waals surface area contributed by atoms with Gasteiger partial charge in [0.2, 0.25) is 0 Å². The van der Waals surface area contributed by atoms with Gasteiger partial charge < -0.3 is 0 Å². The third-order valence-corrected chi connectivity index (χ3v) is 4.39. The summed E-state index contributed by atoms with van der Waals surface area (Å²) in [4.78, 5) is 11.4. The molecule has 0 amide bonds. The second kappa shape index (κ2) is 5.76. The molecule has 0 saturated carbocycles. The van der Waals surface area contributed by atoms with E-state index in [1.54, 1.807) is 0 Å². The van der Waals surface area contributed by atoms with E-state index in [0.29, 0.717) is 6.42 Å². The predicted molar refractivity (Wildman–Crippen MR) is 70.2 cm³/mol. The molecule has 0 bridgehead atoms. The summed E-state index contributed by atoms with van der Waals surface area (Å²) in [5.74, 6) is 0.125. The zero-order valence-corrected chi connectivity index (χ0v) is 11.9. The van der Waals surface area contributed by atoms with Crippen LogP contribution >= 0.6 is 22.6 Å². The molecule has 0 spiro atoms. The second-order valence-corrected chi connectivity index (χ2v) is 6.94. The van der Waals surface area contributed by atoms with Crippen LogP contribution in [-0.2, 0) is 16.4 Å². The lowest BCUT2D eigenvalue weighted by atomic mass is 10.6. The van der Waals surface area contributed by atoms with Crippen LogP contribution in [0.15, 0.2) is 17.1 Å². The van der Waals surface area contributed by atoms with E-state index in [9.17, 15) is 13.2 Å². The smallest absolute Gasteiger partial charge is 0.267 e. The van der Waals surface area contributed by atoms with Crippen molar-refractivity contribution in [3.05, 3.63) is 26.2 Å². The summed E-state index contributed by atoms with van der Waals surface area (Å²) in [6.45, 7) is 1.94. The molecule has 1 aromatic rings. The van der Waals surface area contributed by atoms with Gasteiger partial charge in [0.05, 0.1) is 18.5 Å². The van der Waals surface area contributed by atoms with Gasteiger partial charge in [0.1, 0.15) is 0 Å². The van der Waals surface area contributed by atoms with Gasteiger partial charge in [0, 0.05) is 15.4 Å². The summed E-state index contributed by atoms with van der Waals surface area (Å²) >= 11 is 1.99. The van der Waals surface area contributed by atoms with Crippen LogP contribution in [0.2, 0.25) is 0 Å². The van der Waals surface area contributed by atoms with Crippen molar-refractivity contribution < 1.29 is 8.42 Å². The van der Waals surface area contributed by atoms with Crippen LogP contribution in [0.25, 0.3) is 0 Å². The number of hydrogen-bond donors (Lipinski definition) is 0. The Labute approximate surface area is 108 Å². The maximum absolute atomic E-state index is 11.4. The molecule has 1 heterocycles. The molecule has 7 heteroatoms. The minimum atomic E-state index is -3.06. The molecule has 5 nitrogen and oxygen atoms in total. The van der Waals surface area contributed by atoms with E-state index < -0.39 is 9.84 Å². The molecule has 0 aliphatic heterocycles. The summed E-state index contributed by atoms with van der Waals surface area (Å²) in [5, 5.41) is 3.87. The number of aromatic nitrogens is 2. The molecule has 0 N–H and O–H groups in total. The molecule has 0 aromatic carbocycles. The zero-order valence-electron chi connectivity index (χ0n) is 8.89. The molecular formula is C9H13IN2O3S. The Morgan fingerprint density at radius 3 is 2.69 bits per heavy atom. The summed E-state index contributed by atoms with van der Waals surface area (Å²) in [6, 6.07) is 1.43. The van der Waals surface area contributed by atoms with Gasteiger partial charge in [-0.15, -0.1) is 0 Å². The fraction of sp³-hybridized carbons (Fsp3) is 0.556. The molecule has 0 fully saturated rings. The molecule has 0 saturated heterocycles. The highest BCUT2D eigenvalue weighted by Gasteiger charge is 2.10. The van der Waals surface area contributed by atoms with E-state index in [-0.39, 0.29) is 23.6 Å². The first-order chi connectivity index (χ1) is 7.44. The third-order valence-electron chi connectivity index (χ3n) is 1.97. The molecule has 90 valence electrons. The van der Waals surface area contributed by atoms with Gasteiger partial charge in [-0.25, -0.2) is 13.1 Å². The number of sulfone groups is 1. The highest BCUT2D eigenvalue weighted by Crippen LogP contribution is 1.97. The minimum Gasteiger partial charge on any atom is -0.268 e. The van der Waals surface area contributed by atoms with Gasteiger partial charge in [-0.3, -0.25) is 4.79 Å². The van der Waals surface area contributed by atoms with Crippen LogP contribution in [0.5, 0.6) is 0 Å². The first kappa shape index (κ1) is 13.6. The second-order valence-electron chi connectivity index (χ2n) is 3.39. The van der Waals surface area contributed by atoms with Crippen molar-refractivity contribution in [2.24, 2.45) is 0 Å². The van der Waals surface area contributed by atoms with Crippen molar-refractivity contribution in [3.8, 4) is 0 Å². The molecule has 16 heavy (non-hydrogen) atoms. The Morgan fingerprint density at radius 1 is 1.44 bits per heavy atom. The first-order valence-electron chi connectivity index (χ1n) is 4.87. The standard InChI is InChI=1S/C9H13IN2O3S/c1-2-4-16(14,15)5-3-12-9(13)6-8(10)7-11-12/h6-7H,2-5H2,1H3. The predicted octanol–water partition coefficient (Wildman–Crippen LogP) is 0.673. The van der Waals surface area contributed by atoms with Crippen molar-refractivity contribution in [3.63, 3.8) is 0 Å². The van der Waals surface area contributed by atoms with E-state index in [4.69, 9.17) is 0 Å².